The molecule has 4 heteroatoms. The fourth-order valence-electron chi connectivity index (χ4n) is 1.15. The van der Waals surface area contributed by atoms with Gasteiger partial charge in [0, 0.05) is 0 Å². The normalized spacial score (nSPS) is 10.6. The van der Waals surface area contributed by atoms with Crippen LogP contribution in [0.15, 0.2) is 24.3 Å². The summed E-state index contributed by atoms with van der Waals surface area (Å²) in [6.07, 6.45) is 2.81. The summed E-state index contributed by atoms with van der Waals surface area (Å²) in [4.78, 5) is 10.5. The first-order valence-electron chi connectivity index (χ1n) is 4.32. The SMILES string of the molecule is COc1cc(C=CC(=O)Cl)cc(CO)c1. The molecular weight excluding hydrogens is 216 g/mol. The number of methoxy groups -OCH3 is 1. The third-order valence-electron chi connectivity index (χ3n) is 1.81. The van der Waals surface area contributed by atoms with Gasteiger partial charge in [0.2, 0.25) is 5.24 Å². The van der Waals surface area contributed by atoms with E-state index in [0.717, 1.165) is 11.1 Å². The highest BCUT2D eigenvalue weighted by Gasteiger charge is 1.98. The molecular formula is C11H11ClO3. The van der Waals surface area contributed by atoms with Gasteiger partial charge in [-0.1, -0.05) is 6.08 Å². The lowest BCUT2D eigenvalue weighted by molar-refractivity contribution is -0.107. The molecule has 0 radical (unpaired) electrons. The maximum atomic E-state index is 10.5. The van der Waals surface area contributed by atoms with Crippen molar-refractivity contribution in [1.82, 2.24) is 0 Å². The van der Waals surface area contributed by atoms with Crippen molar-refractivity contribution in [2.75, 3.05) is 7.11 Å². The maximum Gasteiger partial charge on any atom is 0.245 e. The molecule has 3 nitrogen and oxygen atoms in total. The van der Waals surface area contributed by atoms with Gasteiger partial charge < -0.3 is 9.84 Å². The summed E-state index contributed by atoms with van der Waals surface area (Å²) in [5.41, 5.74) is 1.48. The van der Waals surface area contributed by atoms with Crippen LogP contribution >= 0.6 is 11.6 Å². The Bertz CT molecular complexity index is 363. The van der Waals surface area contributed by atoms with Gasteiger partial charge in [0.25, 0.3) is 0 Å². The summed E-state index contributed by atoms with van der Waals surface area (Å²) >= 11 is 5.17. The highest BCUT2D eigenvalue weighted by molar-refractivity contribution is 6.66. The molecule has 0 spiro atoms. The number of rotatable bonds is 4. The number of carbonyl (C=O) groups is 1. The number of ether oxygens (including phenoxy) is 1. The predicted octanol–water partition coefficient (Wildman–Crippen LogP) is 1.97. The molecule has 0 heterocycles. The summed E-state index contributed by atoms with van der Waals surface area (Å²) < 4.78 is 5.04. The minimum Gasteiger partial charge on any atom is -0.497 e. The molecule has 0 unspecified atom stereocenters. The Hall–Kier alpha value is -1.32. The van der Waals surface area contributed by atoms with E-state index in [9.17, 15) is 4.79 Å². The van der Waals surface area contributed by atoms with E-state index in [4.69, 9.17) is 21.4 Å². The molecule has 80 valence electrons. The van der Waals surface area contributed by atoms with E-state index in [2.05, 4.69) is 0 Å². The van der Waals surface area contributed by atoms with E-state index in [0.29, 0.717) is 5.75 Å². The number of benzene rings is 1. The first-order chi connectivity index (χ1) is 7.15. The number of carbonyl (C=O) groups excluding carboxylic acids is 1. The summed E-state index contributed by atoms with van der Waals surface area (Å²) in [6, 6.07) is 5.22. The Labute approximate surface area is 92.9 Å². The summed E-state index contributed by atoms with van der Waals surface area (Å²) in [5.74, 6) is 0.628. The van der Waals surface area contributed by atoms with Crippen LogP contribution in [-0.4, -0.2) is 17.5 Å². The number of hydrogen-bond donors (Lipinski definition) is 1. The molecule has 0 amide bonds. The van der Waals surface area contributed by atoms with Gasteiger partial charge in [-0.05, 0) is 47.0 Å². The number of aliphatic hydroxyl groups is 1. The van der Waals surface area contributed by atoms with Crippen LogP contribution in [-0.2, 0) is 11.4 Å². The van der Waals surface area contributed by atoms with Gasteiger partial charge in [-0.25, -0.2) is 0 Å². The van der Waals surface area contributed by atoms with Crippen LogP contribution in [0.5, 0.6) is 5.75 Å². The van der Waals surface area contributed by atoms with Crippen LogP contribution in [0.1, 0.15) is 11.1 Å². The third-order valence-corrected chi connectivity index (χ3v) is 1.94. The van der Waals surface area contributed by atoms with Crippen molar-refractivity contribution in [2.45, 2.75) is 6.61 Å². The maximum absolute atomic E-state index is 10.5. The lowest BCUT2D eigenvalue weighted by Crippen LogP contribution is -1.89. The Morgan fingerprint density at radius 1 is 1.53 bits per heavy atom. The van der Waals surface area contributed by atoms with Crippen molar-refractivity contribution < 1.29 is 14.6 Å². The zero-order valence-electron chi connectivity index (χ0n) is 8.24. The molecule has 0 aromatic heterocycles. The van der Waals surface area contributed by atoms with Gasteiger partial charge in [-0.2, -0.15) is 0 Å². The predicted molar refractivity (Wildman–Crippen MR) is 58.8 cm³/mol. The van der Waals surface area contributed by atoms with Crippen molar-refractivity contribution in [3.05, 3.63) is 35.4 Å². The molecule has 0 saturated heterocycles. The average Bonchev–Trinajstić information content (AvgIpc) is 2.25. The van der Waals surface area contributed by atoms with Gasteiger partial charge in [0.05, 0.1) is 13.7 Å². The van der Waals surface area contributed by atoms with Gasteiger partial charge in [-0.3, -0.25) is 4.79 Å². The lowest BCUT2D eigenvalue weighted by atomic mass is 10.1. The molecule has 15 heavy (non-hydrogen) atoms. The van der Waals surface area contributed by atoms with Gasteiger partial charge in [-0.15, -0.1) is 0 Å². The van der Waals surface area contributed by atoms with E-state index in [1.54, 1.807) is 24.3 Å². The fraction of sp³-hybridized carbons (Fsp3) is 0.182. The van der Waals surface area contributed by atoms with Crippen LogP contribution in [0.2, 0.25) is 0 Å². The second kappa shape index (κ2) is 5.53. The number of halogens is 1. The Morgan fingerprint density at radius 2 is 2.27 bits per heavy atom. The summed E-state index contributed by atoms with van der Waals surface area (Å²) in [6.45, 7) is -0.0765. The number of hydrogen-bond acceptors (Lipinski definition) is 3. The molecule has 1 N–H and O–H groups in total. The Morgan fingerprint density at radius 3 is 2.80 bits per heavy atom. The molecule has 0 aliphatic heterocycles. The van der Waals surface area contributed by atoms with Crippen molar-refractivity contribution >= 4 is 22.9 Å². The van der Waals surface area contributed by atoms with Crippen LogP contribution in [0.4, 0.5) is 0 Å². The van der Waals surface area contributed by atoms with Crippen molar-refractivity contribution in [1.29, 1.82) is 0 Å². The van der Waals surface area contributed by atoms with Gasteiger partial charge >= 0.3 is 0 Å². The fourth-order valence-corrected chi connectivity index (χ4v) is 1.22. The lowest BCUT2D eigenvalue weighted by Gasteiger charge is -2.04. The number of allylic oxidation sites excluding steroid dienone is 1. The summed E-state index contributed by atoms with van der Waals surface area (Å²) in [5, 5.41) is 8.45. The van der Waals surface area contributed by atoms with Crippen molar-refractivity contribution in [3.63, 3.8) is 0 Å². The topological polar surface area (TPSA) is 46.5 Å². The van der Waals surface area contributed by atoms with E-state index < -0.39 is 5.24 Å². The largest absolute Gasteiger partial charge is 0.497 e. The number of aliphatic hydroxyl groups excluding tert-OH is 1. The minimum absolute atomic E-state index is 0.0765. The molecule has 0 saturated carbocycles. The Kier molecular flexibility index (Phi) is 4.34. The van der Waals surface area contributed by atoms with E-state index >= 15 is 0 Å². The van der Waals surface area contributed by atoms with Crippen LogP contribution in [0.3, 0.4) is 0 Å². The molecule has 1 aromatic rings. The van der Waals surface area contributed by atoms with E-state index in [1.165, 1.54) is 13.2 Å². The first kappa shape index (κ1) is 11.8. The average molecular weight is 227 g/mol. The second-order valence-corrected chi connectivity index (χ2v) is 3.28. The quantitative estimate of drug-likeness (QED) is 0.631. The monoisotopic (exact) mass is 226 g/mol. The van der Waals surface area contributed by atoms with Crippen molar-refractivity contribution in [3.8, 4) is 5.75 Å². The van der Waals surface area contributed by atoms with E-state index in [-0.39, 0.29) is 6.61 Å². The summed E-state index contributed by atoms with van der Waals surface area (Å²) in [7, 11) is 1.54. The molecule has 0 aliphatic carbocycles. The smallest absolute Gasteiger partial charge is 0.245 e. The van der Waals surface area contributed by atoms with Gasteiger partial charge in [0.15, 0.2) is 0 Å². The zero-order chi connectivity index (χ0) is 11.3. The highest BCUT2D eigenvalue weighted by atomic mass is 35.5. The molecule has 1 rings (SSSR count). The molecule has 0 bridgehead atoms. The van der Waals surface area contributed by atoms with Gasteiger partial charge in [0.1, 0.15) is 5.75 Å². The minimum atomic E-state index is -0.539. The van der Waals surface area contributed by atoms with Crippen LogP contribution in [0.25, 0.3) is 6.08 Å². The molecule has 0 fully saturated rings. The molecule has 0 atom stereocenters. The molecule has 1 aromatic carbocycles. The van der Waals surface area contributed by atoms with E-state index in [1.807, 2.05) is 0 Å². The zero-order valence-corrected chi connectivity index (χ0v) is 8.99. The van der Waals surface area contributed by atoms with Crippen molar-refractivity contribution in [2.24, 2.45) is 0 Å². The first-order valence-corrected chi connectivity index (χ1v) is 4.70. The second-order valence-electron chi connectivity index (χ2n) is 2.91. The molecule has 0 aliphatic rings. The van der Waals surface area contributed by atoms with Crippen LogP contribution in [0, 0.1) is 0 Å². The Balaban J connectivity index is 3.01. The standard InChI is InChI=1S/C11H11ClO3/c1-15-10-5-8(2-3-11(12)14)4-9(6-10)7-13/h2-6,13H,7H2,1H3. The third kappa shape index (κ3) is 3.73. The van der Waals surface area contributed by atoms with Crippen LogP contribution < -0.4 is 4.74 Å². The highest BCUT2D eigenvalue weighted by Crippen LogP contribution is 2.18.